The molecule has 0 bridgehead atoms. The molecule has 1 aromatic carbocycles. The highest BCUT2D eigenvalue weighted by molar-refractivity contribution is 5.61. The van der Waals surface area contributed by atoms with Gasteiger partial charge in [-0.15, -0.1) is 0 Å². The Balaban J connectivity index is 2.65. The summed E-state index contributed by atoms with van der Waals surface area (Å²) in [6.07, 6.45) is 0.710. The van der Waals surface area contributed by atoms with Crippen molar-refractivity contribution in [2.45, 2.75) is 34.1 Å². The summed E-state index contributed by atoms with van der Waals surface area (Å²) in [4.78, 5) is 19.4. The molecule has 94 valence electrons. The molecule has 0 radical (unpaired) electrons. The predicted molar refractivity (Wildman–Crippen MR) is 73.9 cm³/mol. The zero-order valence-electron chi connectivity index (χ0n) is 11.3. The summed E-state index contributed by atoms with van der Waals surface area (Å²) < 4.78 is 0. The SMILES string of the molecule is CCc1c(C)nc(-c2cc(C)ccc2C)[nH]c1=O. The molecule has 3 heteroatoms. The fourth-order valence-corrected chi connectivity index (χ4v) is 2.15. The van der Waals surface area contributed by atoms with E-state index in [0.717, 1.165) is 27.9 Å². The van der Waals surface area contributed by atoms with E-state index in [1.54, 1.807) is 0 Å². The molecule has 2 aromatic rings. The van der Waals surface area contributed by atoms with E-state index in [4.69, 9.17) is 0 Å². The van der Waals surface area contributed by atoms with Gasteiger partial charge in [-0.05, 0) is 38.8 Å². The number of H-pyrrole nitrogens is 1. The molecular formula is C15H18N2O. The summed E-state index contributed by atoms with van der Waals surface area (Å²) in [6, 6.07) is 6.16. The largest absolute Gasteiger partial charge is 0.306 e. The summed E-state index contributed by atoms with van der Waals surface area (Å²) >= 11 is 0. The number of nitrogens with one attached hydrogen (secondary N) is 1. The fraction of sp³-hybridized carbons (Fsp3) is 0.333. The fourth-order valence-electron chi connectivity index (χ4n) is 2.15. The van der Waals surface area contributed by atoms with Gasteiger partial charge in [0.1, 0.15) is 5.82 Å². The zero-order chi connectivity index (χ0) is 13.3. The van der Waals surface area contributed by atoms with Gasteiger partial charge in [0.05, 0.1) is 0 Å². The van der Waals surface area contributed by atoms with Crippen molar-refractivity contribution >= 4 is 0 Å². The van der Waals surface area contributed by atoms with Gasteiger partial charge in [0.2, 0.25) is 0 Å². The van der Waals surface area contributed by atoms with Crippen LogP contribution in [0.3, 0.4) is 0 Å². The minimum Gasteiger partial charge on any atom is -0.306 e. The number of benzene rings is 1. The molecule has 0 aliphatic carbocycles. The summed E-state index contributed by atoms with van der Waals surface area (Å²) in [7, 11) is 0. The molecule has 0 fully saturated rings. The molecule has 0 aliphatic rings. The molecule has 0 amide bonds. The van der Waals surface area contributed by atoms with Gasteiger partial charge in [-0.25, -0.2) is 4.98 Å². The van der Waals surface area contributed by atoms with Crippen LogP contribution >= 0.6 is 0 Å². The lowest BCUT2D eigenvalue weighted by Gasteiger charge is -2.09. The van der Waals surface area contributed by atoms with Crippen LogP contribution in [0.5, 0.6) is 0 Å². The second-order valence-electron chi connectivity index (χ2n) is 4.65. The second-order valence-corrected chi connectivity index (χ2v) is 4.65. The minimum atomic E-state index is -0.0269. The number of nitrogens with zero attached hydrogens (tertiary/aromatic N) is 1. The summed E-state index contributed by atoms with van der Waals surface area (Å²) in [5.74, 6) is 0.663. The van der Waals surface area contributed by atoms with Crippen LogP contribution in [-0.2, 0) is 6.42 Å². The first-order valence-electron chi connectivity index (χ1n) is 6.20. The Kier molecular flexibility index (Phi) is 3.32. The number of rotatable bonds is 2. The monoisotopic (exact) mass is 242 g/mol. The van der Waals surface area contributed by atoms with Crippen molar-refractivity contribution in [3.05, 3.63) is 50.9 Å². The van der Waals surface area contributed by atoms with Crippen molar-refractivity contribution in [1.29, 1.82) is 0 Å². The molecule has 18 heavy (non-hydrogen) atoms. The van der Waals surface area contributed by atoms with Crippen LogP contribution in [0.2, 0.25) is 0 Å². The first kappa shape index (κ1) is 12.6. The normalized spacial score (nSPS) is 10.7. The van der Waals surface area contributed by atoms with Crippen LogP contribution in [0, 0.1) is 20.8 Å². The lowest BCUT2D eigenvalue weighted by molar-refractivity contribution is 0.966. The van der Waals surface area contributed by atoms with Crippen molar-refractivity contribution in [2.24, 2.45) is 0 Å². The van der Waals surface area contributed by atoms with Gasteiger partial charge in [0.25, 0.3) is 5.56 Å². The Bertz CT molecular complexity index is 641. The maximum atomic E-state index is 12.0. The van der Waals surface area contributed by atoms with E-state index in [1.807, 2.05) is 33.8 Å². The van der Waals surface area contributed by atoms with Crippen LogP contribution in [0.25, 0.3) is 11.4 Å². The zero-order valence-corrected chi connectivity index (χ0v) is 11.3. The molecule has 0 unspecified atom stereocenters. The molecule has 0 aliphatic heterocycles. The van der Waals surface area contributed by atoms with Gasteiger partial charge in [-0.2, -0.15) is 0 Å². The highest BCUT2D eigenvalue weighted by Gasteiger charge is 2.09. The average molecular weight is 242 g/mol. The maximum Gasteiger partial charge on any atom is 0.254 e. The first-order valence-corrected chi connectivity index (χ1v) is 6.20. The standard InChI is InChI=1S/C15H18N2O/c1-5-12-11(4)16-14(17-15(12)18)13-8-9(2)6-7-10(13)3/h6-8H,5H2,1-4H3,(H,16,17,18). The van der Waals surface area contributed by atoms with Gasteiger partial charge >= 0.3 is 0 Å². The maximum absolute atomic E-state index is 12.0. The Morgan fingerprint density at radius 1 is 1.22 bits per heavy atom. The van der Waals surface area contributed by atoms with E-state index in [2.05, 4.69) is 22.1 Å². The Labute approximate surface area is 107 Å². The Hall–Kier alpha value is -1.90. The van der Waals surface area contributed by atoms with Gasteiger partial charge in [-0.3, -0.25) is 4.79 Å². The van der Waals surface area contributed by atoms with Gasteiger partial charge in [0, 0.05) is 16.8 Å². The van der Waals surface area contributed by atoms with Crippen LogP contribution in [0.4, 0.5) is 0 Å². The number of hydrogen-bond acceptors (Lipinski definition) is 2. The average Bonchev–Trinajstić information content (AvgIpc) is 2.32. The van der Waals surface area contributed by atoms with E-state index >= 15 is 0 Å². The van der Waals surface area contributed by atoms with E-state index in [0.29, 0.717) is 12.2 Å². The number of aromatic amines is 1. The highest BCUT2D eigenvalue weighted by Crippen LogP contribution is 2.20. The van der Waals surface area contributed by atoms with Crippen LogP contribution in [-0.4, -0.2) is 9.97 Å². The van der Waals surface area contributed by atoms with E-state index in [9.17, 15) is 4.79 Å². The van der Waals surface area contributed by atoms with E-state index in [1.165, 1.54) is 0 Å². The van der Waals surface area contributed by atoms with E-state index in [-0.39, 0.29) is 5.56 Å². The van der Waals surface area contributed by atoms with Crippen molar-refractivity contribution in [3.63, 3.8) is 0 Å². The van der Waals surface area contributed by atoms with Crippen LogP contribution < -0.4 is 5.56 Å². The van der Waals surface area contributed by atoms with Gasteiger partial charge in [-0.1, -0.05) is 24.6 Å². The van der Waals surface area contributed by atoms with Gasteiger partial charge in [0.15, 0.2) is 0 Å². The van der Waals surface area contributed by atoms with Crippen LogP contribution in [0.15, 0.2) is 23.0 Å². The van der Waals surface area contributed by atoms with E-state index < -0.39 is 0 Å². The molecule has 2 rings (SSSR count). The topological polar surface area (TPSA) is 45.8 Å². The van der Waals surface area contributed by atoms with Crippen molar-refractivity contribution in [1.82, 2.24) is 9.97 Å². The number of hydrogen-bond donors (Lipinski definition) is 1. The molecule has 0 atom stereocenters. The molecule has 0 spiro atoms. The minimum absolute atomic E-state index is 0.0269. The quantitative estimate of drug-likeness (QED) is 0.880. The third-order valence-electron chi connectivity index (χ3n) is 3.22. The number of aryl methyl sites for hydroxylation is 3. The van der Waals surface area contributed by atoms with Crippen molar-refractivity contribution < 1.29 is 0 Å². The van der Waals surface area contributed by atoms with Crippen molar-refractivity contribution in [3.8, 4) is 11.4 Å². The first-order chi connectivity index (χ1) is 8.52. The molecule has 3 nitrogen and oxygen atoms in total. The molecular weight excluding hydrogens is 224 g/mol. The van der Waals surface area contributed by atoms with Crippen molar-refractivity contribution in [2.75, 3.05) is 0 Å². The molecule has 0 saturated carbocycles. The lowest BCUT2D eigenvalue weighted by atomic mass is 10.0. The second kappa shape index (κ2) is 4.77. The predicted octanol–water partition coefficient (Wildman–Crippen LogP) is 2.92. The number of aromatic nitrogens is 2. The Morgan fingerprint density at radius 3 is 2.56 bits per heavy atom. The Morgan fingerprint density at radius 2 is 1.94 bits per heavy atom. The summed E-state index contributed by atoms with van der Waals surface area (Å²) in [5.41, 5.74) is 4.84. The summed E-state index contributed by atoms with van der Waals surface area (Å²) in [5, 5.41) is 0. The summed E-state index contributed by atoms with van der Waals surface area (Å²) in [6.45, 7) is 7.92. The molecule has 1 N–H and O–H groups in total. The third-order valence-corrected chi connectivity index (χ3v) is 3.22. The lowest BCUT2D eigenvalue weighted by Crippen LogP contribution is -2.17. The highest BCUT2D eigenvalue weighted by atomic mass is 16.1. The molecule has 1 heterocycles. The smallest absolute Gasteiger partial charge is 0.254 e. The van der Waals surface area contributed by atoms with Gasteiger partial charge < -0.3 is 4.98 Å². The molecule has 1 aromatic heterocycles. The molecule has 0 saturated heterocycles. The van der Waals surface area contributed by atoms with Crippen LogP contribution in [0.1, 0.15) is 29.3 Å². The third kappa shape index (κ3) is 2.21.